The van der Waals surface area contributed by atoms with E-state index in [1.807, 2.05) is 0 Å². The van der Waals surface area contributed by atoms with Crippen molar-refractivity contribution < 1.29 is 19.0 Å². The van der Waals surface area contributed by atoms with Crippen molar-refractivity contribution in [2.75, 3.05) is 14.2 Å². The van der Waals surface area contributed by atoms with E-state index < -0.39 is 0 Å². The first-order chi connectivity index (χ1) is 7.72. The zero-order chi connectivity index (χ0) is 12.0. The van der Waals surface area contributed by atoms with E-state index in [0.717, 1.165) is 0 Å². The predicted molar refractivity (Wildman–Crippen MR) is 59.5 cm³/mol. The van der Waals surface area contributed by atoms with E-state index >= 15 is 0 Å². The van der Waals surface area contributed by atoms with Gasteiger partial charge in [-0.25, -0.2) is 0 Å². The van der Waals surface area contributed by atoms with Crippen LogP contribution in [0.2, 0.25) is 0 Å². The standard InChI is InChI=1S/C12H14O4/c1-4-16-12-9(8-11(13)15-3)6-5-7-10(12)14-2/h4-7H,1,8H2,2-3H3. The Kier molecular flexibility index (Phi) is 4.39. The van der Waals surface area contributed by atoms with Crippen LogP contribution in [0, 0.1) is 0 Å². The molecule has 0 N–H and O–H groups in total. The molecule has 0 bridgehead atoms. The number of para-hydroxylation sites is 1. The van der Waals surface area contributed by atoms with E-state index in [4.69, 9.17) is 9.47 Å². The van der Waals surface area contributed by atoms with E-state index in [-0.39, 0.29) is 12.4 Å². The van der Waals surface area contributed by atoms with Crippen LogP contribution < -0.4 is 9.47 Å². The SMILES string of the molecule is C=COc1c(CC(=O)OC)cccc1OC. The lowest BCUT2D eigenvalue weighted by Crippen LogP contribution is -2.06. The fourth-order valence-electron chi connectivity index (χ4n) is 1.31. The van der Waals surface area contributed by atoms with Gasteiger partial charge in [0.05, 0.1) is 26.9 Å². The van der Waals surface area contributed by atoms with Crippen LogP contribution in [0.1, 0.15) is 5.56 Å². The van der Waals surface area contributed by atoms with Crippen LogP contribution in [0.3, 0.4) is 0 Å². The Morgan fingerprint density at radius 3 is 2.75 bits per heavy atom. The Morgan fingerprint density at radius 1 is 1.44 bits per heavy atom. The maximum Gasteiger partial charge on any atom is 0.310 e. The van der Waals surface area contributed by atoms with Gasteiger partial charge < -0.3 is 14.2 Å². The van der Waals surface area contributed by atoms with E-state index in [1.54, 1.807) is 18.2 Å². The molecule has 0 radical (unpaired) electrons. The Labute approximate surface area is 94.4 Å². The van der Waals surface area contributed by atoms with Crippen molar-refractivity contribution in [2.24, 2.45) is 0 Å². The predicted octanol–water partition coefficient (Wildman–Crippen LogP) is 1.93. The lowest BCUT2D eigenvalue weighted by molar-refractivity contribution is -0.139. The number of carbonyl (C=O) groups is 1. The summed E-state index contributed by atoms with van der Waals surface area (Å²) in [5.41, 5.74) is 0.700. The highest BCUT2D eigenvalue weighted by atomic mass is 16.5. The summed E-state index contributed by atoms with van der Waals surface area (Å²) in [4.78, 5) is 11.2. The summed E-state index contributed by atoms with van der Waals surface area (Å²) in [6.45, 7) is 3.48. The van der Waals surface area contributed by atoms with Crippen molar-refractivity contribution in [3.05, 3.63) is 36.6 Å². The average Bonchev–Trinajstić information content (AvgIpc) is 2.31. The fraction of sp³-hybridized carbons (Fsp3) is 0.250. The third kappa shape index (κ3) is 2.76. The number of esters is 1. The molecule has 0 atom stereocenters. The molecule has 1 aromatic rings. The van der Waals surface area contributed by atoms with Crippen molar-refractivity contribution >= 4 is 5.97 Å². The Hall–Kier alpha value is -1.97. The van der Waals surface area contributed by atoms with Crippen LogP contribution in [-0.4, -0.2) is 20.2 Å². The first-order valence-corrected chi connectivity index (χ1v) is 4.73. The Morgan fingerprint density at radius 2 is 2.19 bits per heavy atom. The van der Waals surface area contributed by atoms with Crippen molar-refractivity contribution in [3.63, 3.8) is 0 Å². The van der Waals surface area contributed by atoms with Crippen LogP contribution >= 0.6 is 0 Å². The molecule has 0 aromatic heterocycles. The van der Waals surface area contributed by atoms with Gasteiger partial charge in [0.15, 0.2) is 11.5 Å². The molecule has 0 saturated heterocycles. The molecule has 0 unspecified atom stereocenters. The Balaban J connectivity index is 3.05. The second-order valence-electron chi connectivity index (χ2n) is 2.99. The van der Waals surface area contributed by atoms with Crippen molar-refractivity contribution in [1.29, 1.82) is 0 Å². The molecule has 0 spiro atoms. The van der Waals surface area contributed by atoms with E-state index in [0.29, 0.717) is 17.1 Å². The number of methoxy groups -OCH3 is 2. The normalized spacial score (nSPS) is 9.38. The summed E-state index contributed by atoms with van der Waals surface area (Å²) >= 11 is 0. The minimum Gasteiger partial charge on any atom is -0.493 e. The highest BCUT2D eigenvalue weighted by molar-refractivity contribution is 5.74. The van der Waals surface area contributed by atoms with Gasteiger partial charge >= 0.3 is 5.97 Å². The van der Waals surface area contributed by atoms with Gasteiger partial charge in [0.25, 0.3) is 0 Å². The van der Waals surface area contributed by atoms with Gasteiger partial charge in [-0.2, -0.15) is 0 Å². The van der Waals surface area contributed by atoms with Gasteiger partial charge in [-0.05, 0) is 6.07 Å². The molecule has 4 nitrogen and oxygen atoms in total. The number of ether oxygens (including phenoxy) is 3. The maximum atomic E-state index is 11.2. The molecule has 0 aliphatic heterocycles. The number of benzene rings is 1. The number of carbonyl (C=O) groups excluding carboxylic acids is 1. The lowest BCUT2D eigenvalue weighted by atomic mass is 10.1. The highest BCUT2D eigenvalue weighted by Gasteiger charge is 2.13. The summed E-state index contributed by atoms with van der Waals surface area (Å²) < 4.78 is 15.0. The molecule has 0 aliphatic carbocycles. The second-order valence-corrected chi connectivity index (χ2v) is 2.99. The van der Waals surface area contributed by atoms with Crippen LogP contribution in [0.4, 0.5) is 0 Å². The van der Waals surface area contributed by atoms with Gasteiger partial charge in [0.1, 0.15) is 0 Å². The average molecular weight is 222 g/mol. The highest BCUT2D eigenvalue weighted by Crippen LogP contribution is 2.31. The third-order valence-corrected chi connectivity index (χ3v) is 2.04. The number of rotatable bonds is 5. The molecule has 1 aromatic carbocycles. The van der Waals surface area contributed by atoms with Crippen LogP contribution in [0.15, 0.2) is 31.0 Å². The van der Waals surface area contributed by atoms with Crippen molar-refractivity contribution in [1.82, 2.24) is 0 Å². The van der Waals surface area contributed by atoms with Gasteiger partial charge in [-0.3, -0.25) is 4.79 Å². The zero-order valence-corrected chi connectivity index (χ0v) is 9.36. The summed E-state index contributed by atoms with van der Waals surface area (Å²) in [5.74, 6) is 0.717. The topological polar surface area (TPSA) is 44.8 Å². The number of hydrogen-bond donors (Lipinski definition) is 0. The first-order valence-electron chi connectivity index (χ1n) is 4.73. The Bertz CT molecular complexity index is 385. The summed E-state index contributed by atoms with van der Waals surface area (Å²) in [7, 11) is 2.88. The largest absolute Gasteiger partial charge is 0.493 e. The fourth-order valence-corrected chi connectivity index (χ4v) is 1.31. The van der Waals surface area contributed by atoms with Crippen LogP contribution in [0.25, 0.3) is 0 Å². The molecule has 86 valence electrons. The molecule has 4 heteroatoms. The molecule has 0 amide bonds. The van der Waals surface area contributed by atoms with Gasteiger partial charge in [-0.15, -0.1) is 0 Å². The lowest BCUT2D eigenvalue weighted by Gasteiger charge is -2.11. The zero-order valence-electron chi connectivity index (χ0n) is 9.36. The minimum atomic E-state index is -0.331. The molecule has 16 heavy (non-hydrogen) atoms. The van der Waals surface area contributed by atoms with Crippen LogP contribution in [-0.2, 0) is 16.0 Å². The minimum absolute atomic E-state index is 0.136. The van der Waals surface area contributed by atoms with Crippen LogP contribution in [0.5, 0.6) is 11.5 Å². The van der Waals surface area contributed by atoms with E-state index in [2.05, 4.69) is 11.3 Å². The third-order valence-electron chi connectivity index (χ3n) is 2.04. The van der Waals surface area contributed by atoms with Crippen molar-refractivity contribution in [3.8, 4) is 11.5 Å². The van der Waals surface area contributed by atoms with E-state index in [1.165, 1.54) is 20.5 Å². The first kappa shape index (κ1) is 12.1. The second kappa shape index (κ2) is 5.80. The smallest absolute Gasteiger partial charge is 0.310 e. The van der Waals surface area contributed by atoms with Crippen molar-refractivity contribution in [2.45, 2.75) is 6.42 Å². The number of hydrogen-bond acceptors (Lipinski definition) is 4. The molecule has 0 heterocycles. The maximum absolute atomic E-state index is 11.2. The van der Waals surface area contributed by atoms with Gasteiger partial charge in [0.2, 0.25) is 0 Å². The molecule has 0 aliphatic rings. The van der Waals surface area contributed by atoms with Gasteiger partial charge in [-0.1, -0.05) is 18.7 Å². The summed E-state index contributed by atoms with van der Waals surface area (Å²) in [6.07, 6.45) is 1.43. The quantitative estimate of drug-likeness (QED) is 0.564. The molecule has 0 fully saturated rings. The van der Waals surface area contributed by atoms with Gasteiger partial charge in [0, 0.05) is 5.56 Å². The molecule has 1 rings (SSSR count). The molecular weight excluding hydrogens is 208 g/mol. The molecular formula is C12H14O4. The monoisotopic (exact) mass is 222 g/mol. The summed E-state index contributed by atoms with van der Waals surface area (Å²) in [5, 5.41) is 0. The summed E-state index contributed by atoms with van der Waals surface area (Å²) in [6, 6.07) is 5.31. The van der Waals surface area contributed by atoms with E-state index in [9.17, 15) is 4.79 Å². The molecule has 0 saturated carbocycles.